The number of amides is 2. The molecular formula is C23H31N5O2S. The topological polar surface area (TPSA) is 87.2 Å². The van der Waals surface area contributed by atoms with E-state index in [1.807, 2.05) is 0 Å². The summed E-state index contributed by atoms with van der Waals surface area (Å²) in [6.07, 6.45) is 8.30. The lowest BCUT2D eigenvalue weighted by atomic mass is 10.00. The van der Waals surface area contributed by atoms with E-state index in [2.05, 4.69) is 32.7 Å². The van der Waals surface area contributed by atoms with Crippen molar-refractivity contribution in [2.24, 2.45) is 0 Å². The number of benzene rings is 1. The van der Waals surface area contributed by atoms with Gasteiger partial charge >= 0.3 is 0 Å². The lowest BCUT2D eigenvalue weighted by Crippen LogP contribution is -2.40. The third-order valence-corrected chi connectivity index (χ3v) is 7.16. The van der Waals surface area contributed by atoms with Crippen LogP contribution in [0.25, 0.3) is 0 Å². The van der Waals surface area contributed by atoms with Crippen LogP contribution in [0.2, 0.25) is 0 Å². The van der Waals surface area contributed by atoms with Crippen LogP contribution in [-0.2, 0) is 0 Å². The van der Waals surface area contributed by atoms with Crippen molar-refractivity contribution < 1.29 is 9.59 Å². The molecule has 8 heteroatoms. The van der Waals surface area contributed by atoms with Gasteiger partial charge in [0.1, 0.15) is 5.01 Å². The monoisotopic (exact) mass is 441 g/mol. The molecule has 2 amide bonds. The highest BCUT2D eigenvalue weighted by Gasteiger charge is 2.28. The highest BCUT2D eigenvalue weighted by Crippen LogP contribution is 2.41. The van der Waals surface area contributed by atoms with Crippen LogP contribution in [0.4, 0.5) is 5.69 Å². The Morgan fingerprint density at radius 3 is 2.84 bits per heavy atom. The summed E-state index contributed by atoms with van der Waals surface area (Å²) in [5.41, 5.74) is 1.12. The van der Waals surface area contributed by atoms with Gasteiger partial charge in [0.05, 0.1) is 0 Å². The molecule has 1 aliphatic heterocycles. The fourth-order valence-electron chi connectivity index (χ4n) is 4.15. The van der Waals surface area contributed by atoms with Gasteiger partial charge in [-0.05, 0) is 63.3 Å². The molecule has 1 aromatic carbocycles. The SMILES string of the molecule is CC[C@@H]1CCCCN1CCCNC(=O)c1cccc(NC(=O)c2nnc(C3CC3)s2)c1. The minimum absolute atomic E-state index is 0.117. The number of carbonyl (C=O) groups excluding carboxylic acids is 2. The minimum Gasteiger partial charge on any atom is -0.352 e. The zero-order valence-electron chi connectivity index (χ0n) is 18.1. The number of hydrogen-bond acceptors (Lipinski definition) is 6. The Balaban J connectivity index is 1.25. The Labute approximate surface area is 187 Å². The highest BCUT2D eigenvalue weighted by atomic mass is 32.1. The van der Waals surface area contributed by atoms with E-state index in [1.165, 1.54) is 43.6 Å². The highest BCUT2D eigenvalue weighted by molar-refractivity contribution is 7.13. The first kappa shape index (κ1) is 21.9. The lowest BCUT2D eigenvalue weighted by Gasteiger charge is -2.35. The van der Waals surface area contributed by atoms with Crippen molar-refractivity contribution in [1.82, 2.24) is 20.4 Å². The zero-order valence-corrected chi connectivity index (χ0v) is 18.9. The van der Waals surface area contributed by atoms with E-state index in [9.17, 15) is 9.59 Å². The van der Waals surface area contributed by atoms with Crippen LogP contribution in [0.15, 0.2) is 24.3 Å². The summed E-state index contributed by atoms with van der Waals surface area (Å²) in [5.74, 6) is 0.0801. The zero-order chi connectivity index (χ0) is 21.6. The number of likely N-dealkylation sites (tertiary alicyclic amines) is 1. The molecule has 1 atom stereocenters. The third-order valence-electron chi connectivity index (χ3n) is 6.07. The molecule has 1 aromatic heterocycles. The molecule has 0 spiro atoms. The van der Waals surface area contributed by atoms with Gasteiger partial charge in [0.25, 0.3) is 11.8 Å². The summed E-state index contributed by atoms with van der Waals surface area (Å²) in [6, 6.07) is 7.71. The Hall–Kier alpha value is -2.32. The molecule has 0 bridgehead atoms. The lowest BCUT2D eigenvalue weighted by molar-refractivity contribution is 0.0946. The molecule has 7 nitrogen and oxygen atoms in total. The van der Waals surface area contributed by atoms with Gasteiger partial charge in [-0.1, -0.05) is 30.7 Å². The first-order valence-corrected chi connectivity index (χ1v) is 12.2. The standard InChI is InChI=1S/C23H31N5O2S/c1-2-19-9-3-4-13-28(19)14-6-12-24-20(29)17-7-5-8-18(15-17)25-21(30)23-27-26-22(31-23)16-10-11-16/h5,7-8,15-16,19H,2-4,6,9-14H2,1H3,(H,24,29)(H,25,30)/t19-/m1/s1. The normalized spacial score (nSPS) is 19.2. The molecule has 2 fully saturated rings. The molecule has 0 unspecified atom stereocenters. The van der Waals surface area contributed by atoms with Crippen molar-refractivity contribution in [1.29, 1.82) is 0 Å². The average molecular weight is 442 g/mol. The number of aromatic nitrogens is 2. The number of hydrogen-bond donors (Lipinski definition) is 2. The summed E-state index contributed by atoms with van der Waals surface area (Å²) in [6.45, 7) is 5.11. The second-order valence-electron chi connectivity index (χ2n) is 8.46. The van der Waals surface area contributed by atoms with Crippen molar-refractivity contribution in [2.45, 2.75) is 63.8 Å². The van der Waals surface area contributed by atoms with Gasteiger partial charge in [0.15, 0.2) is 0 Å². The maximum Gasteiger partial charge on any atom is 0.286 e. The van der Waals surface area contributed by atoms with Gasteiger partial charge in [0, 0.05) is 36.3 Å². The first-order chi connectivity index (χ1) is 15.1. The molecule has 1 aliphatic carbocycles. The van der Waals surface area contributed by atoms with E-state index in [0.29, 0.717) is 34.8 Å². The fraction of sp³-hybridized carbons (Fsp3) is 0.565. The molecule has 1 saturated carbocycles. The van der Waals surface area contributed by atoms with E-state index in [4.69, 9.17) is 0 Å². The molecule has 2 aliphatic rings. The van der Waals surface area contributed by atoms with Crippen LogP contribution in [0, 0.1) is 0 Å². The van der Waals surface area contributed by atoms with Crippen LogP contribution in [0.1, 0.15) is 83.0 Å². The van der Waals surface area contributed by atoms with Crippen LogP contribution in [-0.4, -0.2) is 52.6 Å². The second-order valence-corrected chi connectivity index (χ2v) is 9.47. The number of anilines is 1. The van der Waals surface area contributed by atoms with Crippen LogP contribution >= 0.6 is 11.3 Å². The predicted octanol–water partition coefficient (Wildman–Crippen LogP) is 4.05. The summed E-state index contributed by atoms with van der Waals surface area (Å²) >= 11 is 1.35. The average Bonchev–Trinajstić information content (AvgIpc) is 3.53. The molecule has 166 valence electrons. The van der Waals surface area contributed by atoms with Gasteiger partial charge in [-0.25, -0.2) is 0 Å². The Morgan fingerprint density at radius 1 is 1.16 bits per heavy atom. The smallest absolute Gasteiger partial charge is 0.286 e. The number of piperidine rings is 1. The van der Waals surface area contributed by atoms with E-state index >= 15 is 0 Å². The van der Waals surface area contributed by atoms with Gasteiger partial charge in [0.2, 0.25) is 5.01 Å². The third kappa shape index (κ3) is 5.89. The first-order valence-electron chi connectivity index (χ1n) is 11.4. The van der Waals surface area contributed by atoms with Crippen LogP contribution < -0.4 is 10.6 Å². The Morgan fingerprint density at radius 2 is 2.03 bits per heavy atom. The molecule has 2 N–H and O–H groups in total. The fourth-order valence-corrected chi connectivity index (χ4v) is 5.05. The van der Waals surface area contributed by atoms with E-state index in [1.54, 1.807) is 24.3 Å². The molecule has 4 rings (SSSR count). The summed E-state index contributed by atoms with van der Waals surface area (Å²) < 4.78 is 0. The molecular weight excluding hydrogens is 410 g/mol. The number of nitrogens with zero attached hydrogens (tertiary/aromatic N) is 3. The van der Waals surface area contributed by atoms with Crippen molar-refractivity contribution in [3.05, 3.63) is 39.8 Å². The summed E-state index contributed by atoms with van der Waals surface area (Å²) in [4.78, 5) is 27.6. The maximum absolute atomic E-state index is 12.6. The van der Waals surface area contributed by atoms with E-state index in [0.717, 1.165) is 30.8 Å². The van der Waals surface area contributed by atoms with Crippen molar-refractivity contribution in [2.75, 3.05) is 25.0 Å². The van der Waals surface area contributed by atoms with Crippen molar-refractivity contribution in [3.8, 4) is 0 Å². The quantitative estimate of drug-likeness (QED) is 0.573. The summed E-state index contributed by atoms with van der Waals surface area (Å²) in [5, 5.41) is 15.3. The minimum atomic E-state index is -0.283. The van der Waals surface area contributed by atoms with Gasteiger partial charge in [-0.15, -0.1) is 10.2 Å². The number of nitrogens with one attached hydrogen (secondary N) is 2. The van der Waals surface area contributed by atoms with Gasteiger partial charge in [-0.2, -0.15) is 0 Å². The van der Waals surface area contributed by atoms with Crippen LogP contribution in [0.5, 0.6) is 0 Å². The largest absolute Gasteiger partial charge is 0.352 e. The Kier molecular flexibility index (Phi) is 7.29. The van der Waals surface area contributed by atoms with Crippen molar-refractivity contribution in [3.63, 3.8) is 0 Å². The van der Waals surface area contributed by atoms with Crippen LogP contribution in [0.3, 0.4) is 0 Å². The molecule has 1 saturated heterocycles. The number of rotatable bonds is 9. The van der Waals surface area contributed by atoms with E-state index < -0.39 is 0 Å². The summed E-state index contributed by atoms with van der Waals surface area (Å²) in [7, 11) is 0. The Bertz CT molecular complexity index is 911. The second kappa shape index (κ2) is 10.3. The molecule has 0 radical (unpaired) electrons. The maximum atomic E-state index is 12.6. The molecule has 31 heavy (non-hydrogen) atoms. The molecule has 2 aromatic rings. The van der Waals surface area contributed by atoms with Gasteiger partial charge < -0.3 is 15.5 Å². The molecule has 2 heterocycles. The predicted molar refractivity (Wildman–Crippen MR) is 123 cm³/mol. The number of carbonyl (C=O) groups is 2. The van der Waals surface area contributed by atoms with Gasteiger partial charge in [-0.3, -0.25) is 9.59 Å². The van der Waals surface area contributed by atoms with E-state index in [-0.39, 0.29) is 11.8 Å². The van der Waals surface area contributed by atoms with Crippen molar-refractivity contribution >= 4 is 28.8 Å².